The summed E-state index contributed by atoms with van der Waals surface area (Å²) in [5.74, 6) is -0.220. The quantitative estimate of drug-likeness (QED) is 0.679. The third-order valence-corrected chi connectivity index (χ3v) is 2.55. The van der Waals surface area contributed by atoms with Crippen LogP contribution in [-0.2, 0) is 9.53 Å². The molecule has 2 atom stereocenters. The van der Waals surface area contributed by atoms with E-state index in [4.69, 9.17) is 10.00 Å². The van der Waals surface area contributed by atoms with Gasteiger partial charge in [0.05, 0.1) is 17.7 Å². The maximum atomic E-state index is 11.2. The molecule has 4 nitrogen and oxygen atoms in total. The summed E-state index contributed by atoms with van der Waals surface area (Å²) < 4.78 is 5.35. The molecule has 1 heterocycles. The Kier molecular flexibility index (Phi) is 2.89. The molecule has 0 aromatic carbocycles. The summed E-state index contributed by atoms with van der Waals surface area (Å²) in [6.45, 7) is 4.55. The minimum absolute atomic E-state index is 0.0233. The second-order valence-corrected chi connectivity index (χ2v) is 3.56. The first-order chi connectivity index (χ1) is 6.08. The summed E-state index contributed by atoms with van der Waals surface area (Å²) in [4.78, 5) is 11.2. The van der Waals surface area contributed by atoms with Crippen molar-refractivity contribution < 1.29 is 9.53 Å². The maximum Gasteiger partial charge on any atom is 0.234 e. The summed E-state index contributed by atoms with van der Waals surface area (Å²) in [5, 5.41) is 11.1. The van der Waals surface area contributed by atoms with E-state index in [0.29, 0.717) is 6.61 Å². The topological polar surface area (TPSA) is 62.1 Å². The van der Waals surface area contributed by atoms with Gasteiger partial charge in [-0.1, -0.05) is 0 Å². The van der Waals surface area contributed by atoms with Crippen molar-refractivity contribution in [3.05, 3.63) is 0 Å². The van der Waals surface area contributed by atoms with Gasteiger partial charge < -0.3 is 10.1 Å². The Morgan fingerprint density at radius 1 is 1.85 bits per heavy atom. The van der Waals surface area contributed by atoms with Crippen LogP contribution in [0.1, 0.15) is 26.7 Å². The van der Waals surface area contributed by atoms with Gasteiger partial charge in [0.15, 0.2) is 0 Å². The summed E-state index contributed by atoms with van der Waals surface area (Å²) in [5.41, 5.74) is -0.298. The van der Waals surface area contributed by atoms with Gasteiger partial charge in [-0.05, 0) is 20.3 Å². The lowest BCUT2D eigenvalue weighted by Crippen LogP contribution is -2.50. The van der Waals surface area contributed by atoms with E-state index in [-0.39, 0.29) is 24.0 Å². The number of nitrogens with one attached hydrogen (secondary N) is 1. The molecule has 1 fully saturated rings. The van der Waals surface area contributed by atoms with Crippen molar-refractivity contribution in [3.8, 4) is 6.07 Å². The molecule has 4 heteroatoms. The highest BCUT2D eigenvalue weighted by molar-refractivity contribution is 5.78. The number of hydrogen-bond acceptors (Lipinski definition) is 3. The summed E-state index contributed by atoms with van der Waals surface area (Å²) >= 11 is 0. The van der Waals surface area contributed by atoms with Crippen LogP contribution in [0.4, 0.5) is 0 Å². The van der Waals surface area contributed by atoms with Gasteiger partial charge in [-0.3, -0.25) is 4.79 Å². The van der Waals surface area contributed by atoms with Gasteiger partial charge in [0.1, 0.15) is 6.42 Å². The van der Waals surface area contributed by atoms with Crippen molar-refractivity contribution in [1.82, 2.24) is 5.32 Å². The van der Waals surface area contributed by atoms with Crippen LogP contribution in [0.3, 0.4) is 0 Å². The van der Waals surface area contributed by atoms with E-state index in [1.165, 1.54) is 0 Å². The van der Waals surface area contributed by atoms with E-state index < -0.39 is 0 Å². The predicted octanol–water partition coefficient (Wildman–Crippen LogP) is 0.584. The molecule has 0 aromatic rings. The highest BCUT2D eigenvalue weighted by Gasteiger charge is 2.37. The standard InChI is InChI=1S/C9H14N2O2/c1-7-9(2,4-6-13-7)11-8(12)3-5-10/h7H,3-4,6H2,1-2H3,(H,11,12). The maximum absolute atomic E-state index is 11.2. The predicted molar refractivity (Wildman–Crippen MR) is 46.8 cm³/mol. The Morgan fingerprint density at radius 3 is 3.00 bits per heavy atom. The lowest BCUT2D eigenvalue weighted by Gasteiger charge is -2.28. The summed E-state index contributed by atoms with van der Waals surface area (Å²) in [6, 6.07) is 1.82. The minimum atomic E-state index is -0.298. The minimum Gasteiger partial charge on any atom is -0.376 e. The van der Waals surface area contributed by atoms with Crippen molar-refractivity contribution >= 4 is 5.91 Å². The fourth-order valence-electron chi connectivity index (χ4n) is 1.43. The molecular formula is C9H14N2O2. The second-order valence-electron chi connectivity index (χ2n) is 3.56. The highest BCUT2D eigenvalue weighted by Crippen LogP contribution is 2.24. The molecule has 72 valence electrons. The number of carbonyl (C=O) groups excluding carboxylic acids is 1. The molecule has 1 aliphatic rings. The monoisotopic (exact) mass is 182 g/mol. The molecule has 1 rings (SSSR count). The van der Waals surface area contributed by atoms with Crippen molar-refractivity contribution in [2.45, 2.75) is 38.3 Å². The molecule has 13 heavy (non-hydrogen) atoms. The smallest absolute Gasteiger partial charge is 0.234 e. The number of hydrogen-bond donors (Lipinski definition) is 1. The number of nitriles is 1. The average Bonchev–Trinajstić information content (AvgIpc) is 2.32. The van der Waals surface area contributed by atoms with Crippen LogP contribution in [0.5, 0.6) is 0 Å². The van der Waals surface area contributed by atoms with Crippen LogP contribution in [0.2, 0.25) is 0 Å². The van der Waals surface area contributed by atoms with E-state index in [0.717, 1.165) is 6.42 Å². The molecule has 0 aromatic heterocycles. The van der Waals surface area contributed by atoms with Crippen LogP contribution in [0, 0.1) is 11.3 Å². The van der Waals surface area contributed by atoms with Gasteiger partial charge in [-0.2, -0.15) is 5.26 Å². The normalized spacial score (nSPS) is 32.5. The molecule has 2 unspecified atom stereocenters. The first-order valence-electron chi connectivity index (χ1n) is 4.38. The summed E-state index contributed by atoms with van der Waals surface area (Å²) in [6.07, 6.45) is 0.753. The van der Waals surface area contributed by atoms with Gasteiger partial charge in [0, 0.05) is 6.61 Å². The Hall–Kier alpha value is -1.08. The molecule has 1 amide bonds. The first kappa shape index (κ1) is 10.0. The Morgan fingerprint density at radius 2 is 2.54 bits per heavy atom. The number of nitrogens with zero attached hydrogens (tertiary/aromatic N) is 1. The first-order valence-corrected chi connectivity index (χ1v) is 4.38. The molecule has 1 saturated heterocycles. The van der Waals surface area contributed by atoms with Crippen LogP contribution >= 0.6 is 0 Å². The Bertz CT molecular complexity index is 246. The molecule has 0 bridgehead atoms. The largest absolute Gasteiger partial charge is 0.376 e. The Balaban J connectivity index is 2.52. The molecule has 0 radical (unpaired) electrons. The van der Waals surface area contributed by atoms with Crippen molar-refractivity contribution in [2.24, 2.45) is 0 Å². The van der Waals surface area contributed by atoms with Crippen molar-refractivity contribution in [1.29, 1.82) is 5.26 Å². The molecule has 1 aliphatic heterocycles. The van der Waals surface area contributed by atoms with Gasteiger partial charge in [0.25, 0.3) is 0 Å². The SMILES string of the molecule is CC1OCCC1(C)NC(=O)CC#N. The zero-order valence-corrected chi connectivity index (χ0v) is 7.96. The fourth-order valence-corrected chi connectivity index (χ4v) is 1.43. The number of amides is 1. The highest BCUT2D eigenvalue weighted by atomic mass is 16.5. The molecule has 1 N–H and O–H groups in total. The van der Waals surface area contributed by atoms with E-state index in [1.54, 1.807) is 0 Å². The van der Waals surface area contributed by atoms with E-state index in [2.05, 4.69) is 5.32 Å². The van der Waals surface area contributed by atoms with Gasteiger partial charge >= 0.3 is 0 Å². The van der Waals surface area contributed by atoms with Gasteiger partial charge in [0.2, 0.25) is 5.91 Å². The van der Waals surface area contributed by atoms with E-state index in [1.807, 2.05) is 19.9 Å². The number of ether oxygens (including phenoxy) is 1. The van der Waals surface area contributed by atoms with Crippen molar-refractivity contribution in [2.75, 3.05) is 6.61 Å². The van der Waals surface area contributed by atoms with Crippen LogP contribution < -0.4 is 5.32 Å². The fraction of sp³-hybridized carbons (Fsp3) is 0.778. The second kappa shape index (κ2) is 3.75. The molecule has 0 saturated carbocycles. The lowest BCUT2D eigenvalue weighted by molar-refractivity contribution is -0.122. The summed E-state index contributed by atoms with van der Waals surface area (Å²) in [7, 11) is 0. The van der Waals surface area contributed by atoms with Crippen LogP contribution in [-0.4, -0.2) is 24.2 Å². The third kappa shape index (κ3) is 2.19. The zero-order chi connectivity index (χ0) is 9.90. The lowest BCUT2D eigenvalue weighted by atomic mass is 9.94. The molecule has 0 aliphatic carbocycles. The van der Waals surface area contributed by atoms with Crippen LogP contribution in [0.25, 0.3) is 0 Å². The molecule has 0 spiro atoms. The van der Waals surface area contributed by atoms with Crippen molar-refractivity contribution in [3.63, 3.8) is 0 Å². The number of rotatable bonds is 2. The zero-order valence-electron chi connectivity index (χ0n) is 7.96. The van der Waals surface area contributed by atoms with E-state index >= 15 is 0 Å². The number of carbonyl (C=O) groups is 1. The van der Waals surface area contributed by atoms with Crippen LogP contribution in [0.15, 0.2) is 0 Å². The Labute approximate surface area is 77.9 Å². The average molecular weight is 182 g/mol. The van der Waals surface area contributed by atoms with E-state index in [9.17, 15) is 4.79 Å². The third-order valence-electron chi connectivity index (χ3n) is 2.55. The molecular weight excluding hydrogens is 168 g/mol. The van der Waals surface area contributed by atoms with Gasteiger partial charge in [-0.25, -0.2) is 0 Å². The van der Waals surface area contributed by atoms with Gasteiger partial charge in [-0.15, -0.1) is 0 Å².